The Bertz CT molecular complexity index is 552. The van der Waals surface area contributed by atoms with Gasteiger partial charge in [0, 0.05) is 16.8 Å². The van der Waals surface area contributed by atoms with Crippen LogP contribution < -0.4 is 5.32 Å². The van der Waals surface area contributed by atoms with Crippen LogP contribution in [0.5, 0.6) is 0 Å². The fourth-order valence-electron chi connectivity index (χ4n) is 2.05. The second-order valence-electron chi connectivity index (χ2n) is 4.42. The molecular formula is C15H15Cl2FN2. The number of nitrogens with zero attached hydrogens (tertiary/aromatic N) is 1. The summed E-state index contributed by atoms with van der Waals surface area (Å²) in [5.74, 6) is -0.297. The molecule has 0 aliphatic heterocycles. The van der Waals surface area contributed by atoms with Gasteiger partial charge in [-0.2, -0.15) is 0 Å². The molecule has 1 aromatic heterocycles. The molecule has 0 fully saturated rings. The fourth-order valence-corrected chi connectivity index (χ4v) is 2.40. The minimum absolute atomic E-state index is 0.105. The second kappa shape index (κ2) is 7.02. The molecule has 0 saturated heterocycles. The lowest BCUT2D eigenvalue weighted by atomic mass is 10.0. The third kappa shape index (κ3) is 3.69. The molecule has 1 atom stereocenters. The third-order valence-corrected chi connectivity index (χ3v) is 3.61. The Hall–Kier alpha value is -1.16. The number of halogens is 3. The number of hydrogen-bond acceptors (Lipinski definition) is 2. The predicted octanol–water partition coefficient (Wildman–Crippen LogP) is 4.42. The Balaban J connectivity index is 2.28. The zero-order valence-electron chi connectivity index (χ0n) is 11.0. The van der Waals surface area contributed by atoms with E-state index in [1.165, 1.54) is 6.07 Å². The molecule has 0 aliphatic carbocycles. The van der Waals surface area contributed by atoms with Gasteiger partial charge >= 0.3 is 0 Å². The van der Waals surface area contributed by atoms with Gasteiger partial charge in [0.25, 0.3) is 0 Å². The van der Waals surface area contributed by atoms with Crippen LogP contribution in [0, 0.1) is 5.82 Å². The minimum atomic E-state index is -0.297. The van der Waals surface area contributed by atoms with Gasteiger partial charge in [-0.05, 0) is 37.2 Å². The zero-order chi connectivity index (χ0) is 14.5. The maximum atomic E-state index is 13.9. The summed E-state index contributed by atoms with van der Waals surface area (Å²) in [5.41, 5.74) is 1.31. The molecule has 0 bridgehead atoms. The third-order valence-electron chi connectivity index (χ3n) is 3.03. The minimum Gasteiger partial charge on any atom is -0.309 e. The molecule has 1 aromatic carbocycles. The molecular weight excluding hydrogens is 298 g/mol. The standard InChI is InChI=1S/C15H15Cl2FN2/c1-2-19-15(14-7-6-10(16)9-20-14)8-11-12(17)4-3-5-13(11)18/h3-7,9,15,19H,2,8H2,1H3. The van der Waals surface area contributed by atoms with Gasteiger partial charge in [0.05, 0.1) is 16.8 Å². The molecule has 106 valence electrons. The first-order valence-corrected chi connectivity index (χ1v) is 7.15. The highest BCUT2D eigenvalue weighted by atomic mass is 35.5. The van der Waals surface area contributed by atoms with Crippen LogP contribution in [-0.2, 0) is 6.42 Å². The summed E-state index contributed by atoms with van der Waals surface area (Å²) in [6, 6.07) is 8.22. The van der Waals surface area contributed by atoms with E-state index < -0.39 is 0 Å². The van der Waals surface area contributed by atoms with Crippen LogP contribution in [0.15, 0.2) is 36.5 Å². The van der Waals surface area contributed by atoms with Crippen LogP contribution in [-0.4, -0.2) is 11.5 Å². The van der Waals surface area contributed by atoms with Crippen molar-refractivity contribution in [3.8, 4) is 0 Å². The summed E-state index contributed by atoms with van der Waals surface area (Å²) in [6.45, 7) is 2.74. The smallest absolute Gasteiger partial charge is 0.127 e. The molecule has 2 rings (SSSR count). The van der Waals surface area contributed by atoms with Crippen molar-refractivity contribution in [3.05, 3.63) is 63.6 Å². The van der Waals surface area contributed by atoms with Gasteiger partial charge in [-0.3, -0.25) is 4.98 Å². The highest BCUT2D eigenvalue weighted by Gasteiger charge is 2.17. The van der Waals surface area contributed by atoms with E-state index in [0.29, 0.717) is 22.0 Å². The number of benzene rings is 1. The molecule has 0 saturated carbocycles. The molecule has 0 aliphatic rings. The molecule has 2 aromatic rings. The monoisotopic (exact) mass is 312 g/mol. The van der Waals surface area contributed by atoms with Crippen LogP contribution in [0.4, 0.5) is 4.39 Å². The van der Waals surface area contributed by atoms with Crippen LogP contribution >= 0.6 is 23.2 Å². The van der Waals surface area contributed by atoms with Crippen molar-refractivity contribution < 1.29 is 4.39 Å². The first kappa shape index (κ1) is 15.2. The lowest BCUT2D eigenvalue weighted by Crippen LogP contribution is -2.24. The molecule has 0 radical (unpaired) electrons. The number of hydrogen-bond donors (Lipinski definition) is 1. The Morgan fingerprint density at radius 3 is 2.65 bits per heavy atom. The number of rotatable bonds is 5. The average molecular weight is 313 g/mol. The number of likely N-dealkylation sites (N-methyl/N-ethyl adjacent to an activating group) is 1. The van der Waals surface area contributed by atoms with Gasteiger partial charge in [-0.25, -0.2) is 4.39 Å². The second-order valence-corrected chi connectivity index (χ2v) is 5.26. The Morgan fingerprint density at radius 2 is 2.05 bits per heavy atom. The summed E-state index contributed by atoms with van der Waals surface area (Å²) in [7, 11) is 0. The summed E-state index contributed by atoms with van der Waals surface area (Å²) in [4.78, 5) is 4.29. The topological polar surface area (TPSA) is 24.9 Å². The van der Waals surface area contributed by atoms with E-state index in [1.54, 1.807) is 24.4 Å². The number of nitrogens with one attached hydrogen (secondary N) is 1. The Labute approximate surface area is 127 Å². The van der Waals surface area contributed by atoms with Crippen LogP contribution in [0.1, 0.15) is 24.2 Å². The molecule has 20 heavy (non-hydrogen) atoms. The first-order valence-electron chi connectivity index (χ1n) is 6.39. The lowest BCUT2D eigenvalue weighted by molar-refractivity contribution is 0.518. The Kier molecular flexibility index (Phi) is 5.35. The van der Waals surface area contributed by atoms with Gasteiger partial charge in [0.2, 0.25) is 0 Å². The van der Waals surface area contributed by atoms with E-state index in [9.17, 15) is 4.39 Å². The van der Waals surface area contributed by atoms with Gasteiger partial charge in [-0.1, -0.05) is 36.2 Å². The summed E-state index contributed by atoms with van der Waals surface area (Å²) >= 11 is 11.9. The number of pyridine rings is 1. The average Bonchev–Trinajstić information content (AvgIpc) is 2.43. The van der Waals surface area contributed by atoms with Crippen LogP contribution in [0.3, 0.4) is 0 Å². The van der Waals surface area contributed by atoms with Crippen molar-refractivity contribution in [2.45, 2.75) is 19.4 Å². The van der Waals surface area contributed by atoms with Crippen LogP contribution in [0.2, 0.25) is 10.0 Å². The van der Waals surface area contributed by atoms with E-state index in [1.807, 2.05) is 13.0 Å². The van der Waals surface area contributed by atoms with Gasteiger partial charge < -0.3 is 5.32 Å². The largest absolute Gasteiger partial charge is 0.309 e. The maximum Gasteiger partial charge on any atom is 0.127 e. The fraction of sp³-hybridized carbons (Fsp3) is 0.267. The molecule has 1 unspecified atom stereocenters. The highest BCUT2D eigenvalue weighted by molar-refractivity contribution is 6.31. The normalized spacial score (nSPS) is 12.4. The molecule has 1 N–H and O–H groups in total. The molecule has 5 heteroatoms. The Morgan fingerprint density at radius 1 is 1.25 bits per heavy atom. The van der Waals surface area contributed by atoms with E-state index in [0.717, 1.165) is 12.2 Å². The van der Waals surface area contributed by atoms with Crippen molar-refractivity contribution in [1.82, 2.24) is 10.3 Å². The van der Waals surface area contributed by atoms with E-state index in [2.05, 4.69) is 10.3 Å². The maximum absolute atomic E-state index is 13.9. The van der Waals surface area contributed by atoms with E-state index in [4.69, 9.17) is 23.2 Å². The number of aromatic nitrogens is 1. The van der Waals surface area contributed by atoms with E-state index in [-0.39, 0.29) is 11.9 Å². The predicted molar refractivity (Wildman–Crippen MR) is 80.8 cm³/mol. The van der Waals surface area contributed by atoms with E-state index >= 15 is 0 Å². The molecule has 2 nitrogen and oxygen atoms in total. The lowest BCUT2D eigenvalue weighted by Gasteiger charge is -2.18. The van der Waals surface area contributed by atoms with Crippen molar-refractivity contribution in [2.75, 3.05) is 6.54 Å². The first-order chi connectivity index (χ1) is 9.61. The quantitative estimate of drug-likeness (QED) is 0.884. The summed E-state index contributed by atoms with van der Waals surface area (Å²) < 4.78 is 13.9. The van der Waals surface area contributed by atoms with Crippen molar-refractivity contribution in [1.29, 1.82) is 0 Å². The molecule has 0 amide bonds. The zero-order valence-corrected chi connectivity index (χ0v) is 12.5. The van der Waals surface area contributed by atoms with Gasteiger partial charge in [-0.15, -0.1) is 0 Å². The summed E-state index contributed by atoms with van der Waals surface area (Å²) in [5, 5.41) is 4.30. The van der Waals surface area contributed by atoms with Gasteiger partial charge in [0.1, 0.15) is 5.82 Å². The summed E-state index contributed by atoms with van der Waals surface area (Å²) in [6.07, 6.45) is 2.03. The van der Waals surface area contributed by atoms with Crippen LogP contribution in [0.25, 0.3) is 0 Å². The van der Waals surface area contributed by atoms with Crippen molar-refractivity contribution in [3.63, 3.8) is 0 Å². The highest BCUT2D eigenvalue weighted by Crippen LogP contribution is 2.25. The van der Waals surface area contributed by atoms with Gasteiger partial charge in [0.15, 0.2) is 0 Å². The molecule has 1 heterocycles. The van der Waals surface area contributed by atoms with Crippen molar-refractivity contribution in [2.24, 2.45) is 0 Å². The SMILES string of the molecule is CCNC(Cc1c(F)cccc1Cl)c1ccc(Cl)cn1. The van der Waals surface area contributed by atoms with Crippen molar-refractivity contribution >= 4 is 23.2 Å². The molecule has 0 spiro atoms.